The number of nitrogens with zero attached hydrogens (tertiary/aromatic N) is 2. The lowest BCUT2D eigenvalue weighted by molar-refractivity contribution is 0.264. The van der Waals surface area contributed by atoms with E-state index in [0.29, 0.717) is 5.69 Å². The number of benzene rings is 1. The van der Waals surface area contributed by atoms with E-state index in [1.54, 1.807) is 18.5 Å². The van der Waals surface area contributed by atoms with Crippen LogP contribution in [0.4, 0.5) is 8.78 Å². The van der Waals surface area contributed by atoms with Gasteiger partial charge in [0.15, 0.2) is 0 Å². The van der Waals surface area contributed by atoms with E-state index >= 15 is 0 Å². The van der Waals surface area contributed by atoms with Crippen molar-refractivity contribution in [3.05, 3.63) is 93.7 Å². The first-order valence-electron chi connectivity index (χ1n) is 7.87. The quantitative estimate of drug-likeness (QED) is 0.736. The minimum Gasteiger partial charge on any atom is -0.489 e. The summed E-state index contributed by atoms with van der Waals surface area (Å²) in [5.74, 6) is -1.20. The Morgan fingerprint density at radius 1 is 1.15 bits per heavy atom. The Hall–Kier alpha value is -3.06. The van der Waals surface area contributed by atoms with E-state index in [9.17, 15) is 18.7 Å². The van der Waals surface area contributed by atoms with Crippen molar-refractivity contribution >= 4 is 0 Å². The summed E-state index contributed by atoms with van der Waals surface area (Å²) in [5, 5.41) is 9.57. The monoisotopic (exact) mass is 358 g/mol. The Morgan fingerprint density at radius 2 is 2.00 bits per heavy atom. The third-order valence-electron chi connectivity index (χ3n) is 3.82. The molecule has 0 aliphatic rings. The van der Waals surface area contributed by atoms with Gasteiger partial charge in [-0.15, -0.1) is 0 Å². The fourth-order valence-electron chi connectivity index (χ4n) is 2.49. The zero-order valence-corrected chi connectivity index (χ0v) is 13.7. The SMILES string of the molecule is O=c1cc(OCc2ccc(F)cc2F)cc(CO)n1Cc1cccnc1. The number of halogens is 2. The van der Waals surface area contributed by atoms with E-state index in [2.05, 4.69) is 4.98 Å². The second-order valence-corrected chi connectivity index (χ2v) is 5.65. The van der Waals surface area contributed by atoms with Crippen molar-refractivity contribution in [2.24, 2.45) is 0 Å². The lowest BCUT2D eigenvalue weighted by atomic mass is 10.2. The van der Waals surface area contributed by atoms with Gasteiger partial charge in [-0.2, -0.15) is 0 Å². The summed E-state index contributed by atoms with van der Waals surface area (Å²) in [4.78, 5) is 16.4. The molecule has 7 heteroatoms. The molecular formula is C19H16F2N2O3. The van der Waals surface area contributed by atoms with E-state index in [1.165, 1.54) is 22.8 Å². The van der Waals surface area contributed by atoms with Gasteiger partial charge in [-0.25, -0.2) is 8.78 Å². The molecule has 0 aliphatic carbocycles. The van der Waals surface area contributed by atoms with Crippen LogP contribution in [0.25, 0.3) is 0 Å². The number of pyridine rings is 2. The van der Waals surface area contributed by atoms with Gasteiger partial charge in [0.05, 0.1) is 18.8 Å². The predicted octanol–water partition coefficient (Wildman–Crippen LogP) is 2.64. The van der Waals surface area contributed by atoms with Crippen LogP contribution < -0.4 is 10.3 Å². The van der Waals surface area contributed by atoms with Crippen LogP contribution in [-0.2, 0) is 19.8 Å². The fourth-order valence-corrected chi connectivity index (χ4v) is 2.49. The number of aliphatic hydroxyl groups excluding tert-OH is 1. The molecule has 0 aliphatic heterocycles. The number of hydrogen-bond acceptors (Lipinski definition) is 4. The molecule has 1 aromatic carbocycles. The van der Waals surface area contributed by atoms with Crippen LogP contribution in [-0.4, -0.2) is 14.7 Å². The highest BCUT2D eigenvalue weighted by atomic mass is 19.1. The van der Waals surface area contributed by atoms with Gasteiger partial charge < -0.3 is 14.4 Å². The van der Waals surface area contributed by atoms with Gasteiger partial charge in [-0.3, -0.25) is 9.78 Å². The van der Waals surface area contributed by atoms with Crippen LogP contribution in [0.1, 0.15) is 16.8 Å². The van der Waals surface area contributed by atoms with Crippen molar-refractivity contribution in [1.82, 2.24) is 9.55 Å². The number of aliphatic hydroxyl groups is 1. The van der Waals surface area contributed by atoms with Gasteiger partial charge in [0.25, 0.3) is 5.56 Å². The van der Waals surface area contributed by atoms with Crippen molar-refractivity contribution < 1.29 is 18.6 Å². The van der Waals surface area contributed by atoms with E-state index < -0.39 is 11.6 Å². The summed E-state index contributed by atoms with van der Waals surface area (Å²) in [7, 11) is 0. The average Bonchev–Trinajstić information content (AvgIpc) is 2.63. The summed E-state index contributed by atoms with van der Waals surface area (Å²) in [6.07, 6.45) is 3.26. The van der Waals surface area contributed by atoms with Gasteiger partial charge in [-0.1, -0.05) is 6.07 Å². The number of ether oxygens (including phenoxy) is 1. The van der Waals surface area contributed by atoms with Gasteiger partial charge in [0.1, 0.15) is 24.0 Å². The normalized spacial score (nSPS) is 10.7. The Balaban J connectivity index is 1.81. The first-order valence-corrected chi connectivity index (χ1v) is 7.87. The molecule has 0 saturated carbocycles. The minimum atomic E-state index is -0.725. The molecule has 0 radical (unpaired) electrons. The first-order chi connectivity index (χ1) is 12.6. The summed E-state index contributed by atoms with van der Waals surface area (Å²) in [6, 6.07) is 9.53. The van der Waals surface area contributed by atoms with E-state index in [0.717, 1.165) is 17.7 Å². The molecule has 2 aromatic heterocycles. The van der Waals surface area contributed by atoms with Crippen LogP contribution in [0.5, 0.6) is 5.75 Å². The molecule has 0 bridgehead atoms. The summed E-state index contributed by atoms with van der Waals surface area (Å²) in [6.45, 7) is -0.268. The molecule has 0 spiro atoms. The third kappa shape index (κ3) is 4.12. The second-order valence-electron chi connectivity index (χ2n) is 5.65. The predicted molar refractivity (Wildman–Crippen MR) is 90.7 cm³/mol. The first kappa shape index (κ1) is 17.8. The standard InChI is InChI=1S/C19H16F2N2O3/c20-15-4-3-14(18(21)6-15)12-26-17-7-16(11-24)23(19(25)8-17)10-13-2-1-5-22-9-13/h1-9,24H,10-12H2. The highest BCUT2D eigenvalue weighted by Gasteiger charge is 2.10. The Labute approximate surface area is 148 Å². The maximum absolute atomic E-state index is 13.7. The molecule has 134 valence electrons. The highest BCUT2D eigenvalue weighted by Crippen LogP contribution is 2.16. The summed E-state index contributed by atoms with van der Waals surface area (Å²) < 4.78 is 33.4. The highest BCUT2D eigenvalue weighted by molar-refractivity contribution is 5.26. The zero-order chi connectivity index (χ0) is 18.5. The minimum absolute atomic E-state index is 0.163. The molecule has 0 saturated heterocycles. The Morgan fingerprint density at radius 3 is 2.69 bits per heavy atom. The molecule has 26 heavy (non-hydrogen) atoms. The van der Waals surface area contributed by atoms with Gasteiger partial charge in [0, 0.05) is 36.2 Å². The molecule has 0 atom stereocenters. The topological polar surface area (TPSA) is 64.3 Å². The van der Waals surface area contributed by atoms with E-state index in [4.69, 9.17) is 4.74 Å². The summed E-state index contributed by atoms with van der Waals surface area (Å²) >= 11 is 0. The maximum atomic E-state index is 13.7. The second kappa shape index (κ2) is 7.88. The lowest BCUT2D eigenvalue weighted by Crippen LogP contribution is -2.24. The fraction of sp³-hybridized carbons (Fsp3) is 0.158. The van der Waals surface area contributed by atoms with Crippen molar-refractivity contribution in [3.63, 3.8) is 0 Å². The largest absolute Gasteiger partial charge is 0.489 e. The number of hydrogen-bond donors (Lipinski definition) is 1. The van der Waals surface area contributed by atoms with Crippen molar-refractivity contribution in [3.8, 4) is 5.75 Å². The Bertz CT molecular complexity index is 959. The average molecular weight is 358 g/mol. The molecule has 3 rings (SSSR count). The van der Waals surface area contributed by atoms with Gasteiger partial charge in [0.2, 0.25) is 0 Å². The van der Waals surface area contributed by atoms with Crippen LogP contribution in [0.3, 0.4) is 0 Å². The number of aromatic nitrogens is 2. The van der Waals surface area contributed by atoms with Gasteiger partial charge in [-0.05, 0) is 23.8 Å². The van der Waals surface area contributed by atoms with Crippen LogP contribution in [0.15, 0.2) is 59.7 Å². The van der Waals surface area contributed by atoms with Crippen LogP contribution >= 0.6 is 0 Å². The van der Waals surface area contributed by atoms with Crippen LogP contribution in [0.2, 0.25) is 0 Å². The molecule has 5 nitrogen and oxygen atoms in total. The molecule has 1 N–H and O–H groups in total. The molecule has 3 aromatic rings. The molecule has 0 amide bonds. The molecule has 2 heterocycles. The molecule has 0 fully saturated rings. The zero-order valence-electron chi connectivity index (χ0n) is 13.7. The molecular weight excluding hydrogens is 342 g/mol. The van der Waals surface area contributed by atoms with Crippen LogP contribution in [0, 0.1) is 11.6 Å². The van der Waals surface area contributed by atoms with E-state index in [1.807, 2.05) is 6.07 Å². The van der Waals surface area contributed by atoms with Crippen molar-refractivity contribution in [1.29, 1.82) is 0 Å². The third-order valence-corrected chi connectivity index (χ3v) is 3.82. The smallest absolute Gasteiger partial charge is 0.254 e. The lowest BCUT2D eigenvalue weighted by Gasteiger charge is -2.14. The van der Waals surface area contributed by atoms with Crippen molar-refractivity contribution in [2.45, 2.75) is 19.8 Å². The number of rotatable bonds is 6. The maximum Gasteiger partial charge on any atom is 0.254 e. The molecule has 0 unspecified atom stereocenters. The van der Waals surface area contributed by atoms with Crippen molar-refractivity contribution in [2.75, 3.05) is 0 Å². The van der Waals surface area contributed by atoms with E-state index in [-0.39, 0.29) is 36.6 Å². The van der Waals surface area contributed by atoms with Gasteiger partial charge >= 0.3 is 0 Å². The summed E-state index contributed by atoms with van der Waals surface area (Å²) in [5.41, 5.74) is 0.966. The Kier molecular flexibility index (Phi) is 5.38.